The lowest BCUT2D eigenvalue weighted by atomic mass is 9.99. The first-order valence-electron chi connectivity index (χ1n) is 8.91. The maximum Gasteiger partial charge on any atom is 0.338 e. The van der Waals surface area contributed by atoms with E-state index in [0.29, 0.717) is 12.1 Å². The first kappa shape index (κ1) is 19.9. The fourth-order valence-corrected chi connectivity index (χ4v) is 3.94. The predicted octanol–water partition coefficient (Wildman–Crippen LogP) is 2.26. The minimum atomic E-state index is -3.55. The lowest BCUT2D eigenvalue weighted by Crippen LogP contribution is -2.35. The molecule has 1 aliphatic rings. The lowest BCUT2D eigenvalue weighted by Gasteiger charge is -2.30. The molecule has 7 heteroatoms. The normalized spacial score (nSPS) is 16.7. The number of sulfonamides is 1. The molecule has 25 heavy (non-hydrogen) atoms. The molecule has 1 aromatic carbocycles. The monoisotopic (exact) mass is 368 g/mol. The number of rotatable bonds is 8. The molecule has 0 atom stereocenters. The van der Waals surface area contributed by atoms with Crippen molar-refractivity contribution in [3.05, 3.63) is 29.8 Å². The third kappa shape index (κ3) is 6.09. The number of carbonyl (C=O) groups excluding carboxylic acids is 1. The van der Waals surface area contributed by atoms with Crippen LogP contribution in [0.3, 0.4) is 0 Å². The van der Waals surface area contributed by atoms with E-state index in [9.17, 15) is 13.2 Å². The number of benzene rings is 1. The Kier molecular flexibility index (Phi) is 7.40. The SMILES string of the molecule is CCOC(=O)c1ccc(S(=O)(=O)NCCCN2CCC(C)CC2)cc1. The van der Waals surface area contributed by atoms with Gasteiger partial charge in [-0.25, -0.2) is 17.9 Å². The van der Waals surface area contributed by atoms with E-state index >= 15 is 0 Å². The van der Waals surface area contributed by atoms with Gasteiger partial charge in [-0.05, 0) is 76.0 Å². The zero-order valence-electron chi connectivity index (χ0n) is 15.0. The average Bonchev–Trinajstić information content (AvgIpc) is 2.60. The molecule has 0 bridgehead atoms. The molecule has 1 fully saturated rings. The van der Waals surface area contributed by atoms with Gasteiger partial charge in [0.15, 0.2) is 0 Å². The van der Waals surface area contributed by atoms with E-state index in [1.165, 1.54) is 37.1 Å². The van der Waals surface area contributed by atoms with Gasteiger partial charge in [0.05, 0.1) is 17.1 Å². The van der Waals surface area contributed by atoms with Crippen LogP contribution in [0.25, 0.3) is 0 Å². The zero-order chi connectivity index (χ0) is 18.3. The van der Waals surface area contributed by atoms with Gasteiger partial charge in [-0.1, -0.05) is 6.92 Å². The van der Waals surface area contributed by atoms with Crippen LogP contribution in [0.5, 0.6) is 0 Å². The number of likely N-dealkylation sites (tertiary alicyclic amines) is 1. The van der Waals surface area contributed by atoms with Gasteiger partial charge in [-0.15, -0.1) is 0 Å². The van der Waals surface area contributed by atoms with Gasteiger partial charge in [-0.2, -0.15) is 0 Å². The summed E-state index contributed by atoms with van der Waals surface area (Å²) in [4.78, 5) is 14.1. The Morgan fingerprint density at radius 3 is 2.48 bits per heavy atom. The fourth-order valence-electron chi connectivity index (χ4n) is 2.86. The Bertz CT molecular complexity index is 650. The summed E-state index contributed by atoms with van der Waals surface area (Å²) in [6.07, 6.45) is 3.23. The third-order valence-electron chi connectivity index (χ3n) is 4.50. The van der Waals surface area contributed by atoms with Crippen molar-refractivity contribution in [1.82, 2.24) is 9.62 Å². The number of ether oxygens (including phenoxy) is 1. The summed E-state index contributed by atoms with van der Waals surface area (Å²) >= 11 is 0. The standard InChI is InChI=1S/C18H28N2O4S/c1-3-24-18(21)16-5-7-17(8-6-16)25(22,23)19-11-4-12-20-13-9-15(2)10-14-20/h5-8,15,19H,3-4,9-14H2,1-2H3. The summed E-state index contributed by atoms with van der Waals surface area (Å²) in [7, 11) is -3.55. The summed E-state index contributed by atoms with van der Waals surface area (Å²) in [6.45, 7) is 7.82. The molecule has 2 rings (SSSR count). The molecule has 0 unspecified atom stereocenters. The summed E-state index contributed by atoms with van der Waals surface area (Å²) in [5.74, 6) is 0.350. The highest BCUT2D eigenvalue weighted by Crippen LogP contribution is 2.16. The second-order valence-electron chi connectivity index (χ2n) is 6.52. The van der Waals surface area contributed by atoms with E-state index in [4.69, 9.17) is 4.74 Å². The van der Waals surface area contributed by atoms with Crippen molar-refractivity contribution in [1.29, 1.82) is 0 Å². The number of hydrogen-bond donors (Lipinski definition) is 1. The molecule has 0 spiro atoms. The van der Waals surface area contributed by atoms with Crippen LogP contribution in [-0.2, 0) is 14.8 Å². The predicted molar refractivity (Wildman–Crippen MR) is 97.0 cm³/mol. The number of nitrogens with one attached hydrogen (secondary N) is 1. The number of esters is 1. The second kappa shape index (κ2) is 9.31. The van der Waals surface area contributed by atoms with Crippen LogP contribution in [0.1, 0.15) is 43.5 Å². The maximum atomic E-state index is 12.3. The van der Waals surface area contributed by atoms with Crippen LogP contribution in [-0.4, -0.2) is 52.1 Å². The van der Waals surface area contributed by atoms with E-state index in [0.717, 1.165) is 32.0 Å². The van der Waals surface area contributed by atoms with Crippen molar-refractivity contribution in [3.63, 3.8) is 0 Å². The van der Waals surface area contributed by atoms with E-state index in [1.807, 2.05) is 0 Å². The first-order valence-corrected chi connectivity index (χ1v) is 10.4. The van der Waals surface area contributed by atoms with Crippen molar-refractivity contribution >= 4 is 16.0 Å². The number of carbonyl (C=O) groups is 1. The fraction of sp³-hybridized carbons (Fsp3) is 0.611. The van der Waals surface area contributed by atoms with Crippen molar-refractivity contribution in [2.75, 3.05) is 32.8 Å². The Labute approximate surface area is 150 Å². The van der Waals surface area contributed by atoms with E-state index < -0.39 is 16.0 Å². The molecule has 140 valence electrons. The number of hydrogen-bond acceptors (Lipinski definition) is 5. The van der Waals surface area contributed by atoms with Crippen molar-refractivity contribution < 1.29 is 17.9 Å². The van der Waals surface area contributed by atoms with Crippen molar-refractivity contribution in [2.24, 2.45) is 5.92 Å². The topological polar surface area (TPSA) is 75.7 Å². The van der Waals surface area contributed by atoms with Crippen LogP contribution in [0.4, 0.5) is 0 Å². The molecule has 0 amide bonds. The van der Waals surface area contributed by atoms with Gasteiger partial charge in [0.1, 0.15) is 0 Å². The summed E-state index contributed by atoms with van der Waals surface area (Å²) in [5.41, 5.74) is 0.347. The quantitative estimate of drug-likeness (QED) is 0.563. The Morgan fingerprint density at radius 1 is 1.24 bits per heavy atom. The molecule has 1 heterocycles. The molecule has 1 saturated heterocycles. The maximum absolute atomic E-state index is 12.3. The molecule has 0 radical (unpaired) electrons. The van der Waals surface area contributed by atoms with Crippen LogP contribution < -0.4 is 4.72 Å². The van der Waals surface area contributed by atoms with Crippen LogP contribution in [0.15, 0.2) is 29.2 Å². The van der Waals surface area contributed by atoms with Gasteiger partial charge < -0.3 is 9.64 Å². The molecular weight excluding hydrogens is 340 g/mol. The minimum Gasteiger partial charge on any atom is -0.462 e. The molecular formula is C18H28N2O4S. The van der Waals surface area contributed by atoms with Gasteiger partial charge in [0.2, 0.25) is 10.0 Å². The molecule has 0 aliphatic carbocycles. The van der Waals surface area contributed by atoms with Gasteiger partial charge >= 0.3 is 5.97 Å². The van der Waals surface area contributed by atoms with Crippen LogP contribution in [0, 0.1) is 5.92 Å². The van der Waals surface area contributed by atoms with E-state index in [1.54, 1.807) is 6.92 Å². The summed E-state index contributed by atoms with van der Waals surface area (Å²) in [5, 5.41) is 0. The zero-order valence-corrected chi connectivity index (χ0v) is 15.8. The highest BCUT2D eigenvalue weighted by Gasteiger charge is 2.17. The lowest BCUT2D eigenvalue weighted by molar-refractivity contribution is 0.0526. The largest absolute Gasteiger partial charge is 0.462 e. The number of nitrogens with zero attached hydrogens (tertiary/aromatic N) is 1. The molecule has 0 saturated carbocycles. The highest BCUT2D eigenvalue weighted by atomic mass is 32.2. The molecule has 1 aromatic rings. The number of piperidine rings is 1. The summed E-state index contributed by atoms with van der Waals surface area (Å²) in [6, 6.07) is 5.81. The average molecular weight is 368 g/mol. The first-order chi connectivity index (χ1) is 11.9. The molecule has 0 aromatic heterocycles. The summed E-state index contributed by atoms with van der Waals surface area (Å²) < 4.78 is 32.1. The van der Waals surface area contributed by atoms with Gasteiger partial charge in [-0.3, -0.25) is 0 Å². The Hall–Kier alpha value is -1.44. The molecule has 6 nitrogen and oxygen atoms in total. The van der Waals surface area contributed by atoms with Crippen LogP contribution in [0.2, 0.25) is 0 Å². The highest BCUT2D eigenvalue weighted by molar-refractivity contribution is 7.89. The Balaban J connectivity index is 1.79. The van der Waals surface area contributed by atoms with E-state index in [-0.39, 0.29) is 11.5 Å². The van der Waals surface area contributed by atoms with Crippen molar-refractivity contribution in [3.8, 4) is 0 Å². The molecule has 1 N–H and O–H groups in total. The minimum absolute atomic E-state index is 0.160. The van der Waals surface area contributed by atoms with Crippen LogP contribution >= 0.6 is 0 Å². The smallest absolute Gasteiger partial charge is 0.338 e. The van der Waals surface area contributed by atoms with Gasteiger partial charge in [0, 0.05) is 6.54 Å². The van der Waals surface area contributed by atoms with E-state index in [2.05, 4.69) is 16.5 Å². The Morgan fingerprint density at radius 2 is 1.88 bits per heavy atom. The van der Waals surface area contributed by atoms with Crippen molar-refractivity contribution in [2.45, 2.75) is 38.0 Å². The second-order valence-corrected chi connectivity index (χ2v) is 8.29. The molecule has 1 aliphatic heterocycles. The third-order valence-corrected chi connectivity index (χ3v) is 5.97. The van der Waals surface area contributed by atoms with Gasteiger partial charge in [0.25, 0.3) is 0 Å².